The van der Waals surface area contributed by atoms with Gasteiger partial charge in [-0.05, 0) is 62.5 Å². The van der Waals surface area contributed by atoms with Crippen LogP contribution >= 0.6 is 12.2 Å². The largest absolute Gasteiger partial charge is 0.494 e. The fourth-order valence-corrected chi connectivity index (χ4v) is 2.33. The molecule has 130 valence electrons. The first kappa shape index (κ1) is 18.3. The van der Waals surface area contributed by atoms with Crippen LogP contribution in [0.4, 0.5) is 17.1 Å². The number of benzene rings is 2. The lowest BCUT2D eigenvalue weighted by Gasteiger charge is -2.12. The zero-order chi connectivity index (χ0) is 18.4. The van der Waals surface area contributed by atoms with Gasteiger partial charge < -0.3 is 15.4 Å². The van der Waals surface area contributed by atoms with E-state index in [-0.39, 0.29) is 22.3 Å². The van der Waals surface area contributed by atoms with Gasteiger partial charge in [-0.25, -0.2) is 0 Å². The number of nitro groups is 1. The molecule has 0 unspecified atom stereocenters. The molecule has 2 N–H and O–H groups in total. The second kappa shape index (κ2) is 8.20. The van der Waals surface area contributed by atoms with E-state index in [0.717, 1.165) is 0 Å². The van der Waals surface area contributed by atoms with E-state index >= 15 is 0 Å². The maximum atomic E-state index is 11.3. The normalized spacial score (nSPS) is 10.0. The number of thiocarbonyl (C=S) groups is 1. The third kappa shape index (κ3) is 4.98. The molecule has 2 rings (SSSR count). The van der Waals surface area contributed by atoms with Crippen molar-refractivity contribution in [3.05, 3.63) is 58.1 Å². The number of nitrogens with one attached hydrogen (secondary N) is 2. The Hall–Kier alpha value is -3.00. The summed E-state index contributed by atoms with van der Waals surface area (Å²) in [5.41, 5.74) is 1.37. The number of ketones is 1. The molecule has 0 saturated carbocycles. The number of nitrogens with zero attached hydrogens (tertiary/aromatic N) is 1. The van der Waals surface area contributed by atoms with Gasteiger partial charge in [0.15, 0.2) is 10.9 Å². The summed E-state index contributed by atoms with van der Waals surface area (Å²) >= 11 is 5.19. The molecule has 0 radical (unpaired) electrons. The summed E-state index contributed by atoms with van der Waals surface area (Å²) < 4.78 is 5.27. The number of hydrogen-bond acceptors (Lipinski definition) is 5. The molecule has 7 nitrogen and oxygen atoms in total. The Morgan fingerprint density at radius 2 is 1.88 bits per heavy atom. The smallest absolute Gasteiger partial charge is 0.296 e. The van der Waals surface area contributed by atoms with Crippen LogP contribution in [0.2, 0.25) is 0 Å². The highest BCUT2D eigenvalue weighted by molar-refractivity contribution is 7.80. The lowest BCUT2D eigenvalue weighted by Crippen LogP contribution is -2.19. The monoisotopic (exact) mass is 359 g/mol. The minimum absolute atomic E-state index is 0.0303. The molecule has 0 saturated heterocycles. The average Bonchev–Trinajstić information content (AvgIpc) is 2.56. The van der Waals surface area contributed by atoms with Crippen LogP contribution < -0.4 is 15.4 Å². The Bertz CT molecular complexity index is 806. The first-order valence-electron chi connectivity index (χ1n) is 7.51. The molecule has 0 bridgehead atoms. The quantitative estimate of drug-likeness (QED) is 0.348. The van der Waals surface area contributed by atoms with E-state index in [1.54, 1.807) is 37.3 Å². The zero-order valence-corrected chi connectivity index (χ0v) is 14.6. The second-order valence-corrected chi connectivity index (χ2v) is 5.49. The molecule has 25 heavy (non-hydrogen) atoms. The van der Waals surface area contributed by atoms with Crippen LogP contribution in [0.3, 0.4) is 0 Å². The topological polar surface area (TPSA) is 93.5 Å². The van der Waals surface area contributed by atoms with E-state index in [1.807, 2.05) is 0 Å². The molecule has 2 aromatic rings. The number of carbonyl (C=O) groups excluding carboxylic acids is 1. The van der Waals surface area contributed by atoms with Gasteiger partial charge in [0.1, 0.15) is 11.4 Å². The van der Waals surface area contributed by atoms with Crippen molar-refractivity contribution in [2.24, 2.45) is 0 Å². The number of anilines is 2. The van der Waals surface area contributed by atoms with Gasteiger partial charge in [-0.15, -0.1) is 0 Å². The predicted octanol–water partition coefficient (Wildman–Crippen LogP) is 4.01. The van der Waals surface area contributed by atoms with Crippen molar-refractivity contribution in [2.75, 3.05) is 17.2 Å². The fraction of sp³-hybridized carbons (Fsp3) is 0.176. The molecule has 0 aliphatic heterocycles. The number of nitro benzene ring substituents is 1. The summed E-state index contributed by atoms with van der Waals surface area (Å²) in [5.74, 6) is 0.385. The van der Waals surface area contributed by atoms with Crippen LogP contribution in [0.1, 0.15) is 24.2 Å². The molecule has 0 aromatic heterocycles. The minimum atomic E-state index is -0.505. The maximum absolute atomic E-state index is 11.3. The van der Waals surface area contributed by atoms with Crippen LogP contribution in [0.5, 0.6) is 5.75 Å². The number of ether oxygens (including phenoxy) is 1. The molecular formula is C17H17N3O4S. The summed E-state index contributed by atoms with van der Waals surface area (Å²) in [6, 6.07) is 11.3. The van der Waals surface area contributed by atoms with Gasteiger partial charge >= 0.3 is 0 Å². The van der Waals surface area contributed by atoms with Gasteiger partial charge in [0.25, 0.3) is 5.69 Å². The third-order valence-corrected chi connectivity index (χ3v) is 3.48. The summed E-state index contributed by atoms with van der Waals surface area (Å²) in [4.78, 5) is 22.0. The molecular weight excluding hydrogens is 342 g/mol. The highest BCUT2D eigenvalue weighted by Crippen LogP contribution is 2.29. The summed E-state index contributed by atoms with van der Waals surface area (Å²) in [6.07, 6.45) is 0. The molecule has 0 amide bonds. The molecule has 0 heterocycles. The van der Waals surface area contributed by atoms with Crippen molar-refractivity contribution < 1.29 is 14.5 Å². The number of carbonyl (C=O) groups is 1. The van der Waals surface area contributed by atoms with Gasteiger partial charge in [-0.2, -0.15) is 0 Å². The fourth-order valence-electron chi connectivity index (χ4n) is 2.10. The lowest BCUT2D eigenvalue weighted by molar-refractivity contribution is -0.384. The van der Waals surface area contributed by atoms with E-state index < -0.39 is 4.92 Å². The Morgan fingerprint density at radius 1 is 1.20 bits per heavy atom. The number of rotatable bonds is 6. The molecule has 0 aliphatic rings. The van der Waals surface area contributed by atoms with Crippen molar-refractivity contribution in [1.82, 2.24) is 0 Å². The van der Waals surface area contributed by atoms with E-state index in [4.69, 9.17) is 17.0 Å². The molecule has 0 atom stereocenters. The molecule has 0 aliphatic carbocycles. The van der Waals surface area contributed by atoms with Crippen LogP contribution in [0, 0.1) is 10.1 Å². The lowest BCUT2D eigenvalue weighted by atomic mass is 10.1. The zero-order valence-electron chi connectivity index (χ0n) is 13.7. The van der Waals surface area contributed by atoms with Crippen molar-refractivity contribution >= 4 is 40.2 Å². The summed E-state index contributed by atoms with van der Waals surface area (Å²) in [6.45, 7) is 3.70. The molecule has 8 heteroatoms. The highest BCUT2D eigenvalue weighted by atomic mass is 32.1. The molecule has 0 spiro atoms. The first-order chi connectivity index (χ1) is 11.9. The van der Waals surface area contributed by atoms with Gasteiger partial charge in [-0.1, -0.05) is 0 Å². The van der Waals surface area contributed by atoms with Crippen LogP contribution in [-0.2, 0) is 0 Å². The number of Topliss-reactive ketones (excluding diaryl/α,β-unsaturated/α-hetero) is 1. The summed E-state index contributed by atoms with van der Waals surface area (Å²) in [7, 11) is 0. The van der Waals surface area contributed by atoms with Crippen molar-refractivity contribution in [3.8, 4) is 5.75 Å². The predicted molar refractivity (Wildman–Crippen MR) is 101 cm³/mol. The Morgan fingerprint density at radius 3 is 2.44 bits per heavy atom. The van der Waals surface area contributed by atoms with E-state index in [2.05, 4.69) is 10.6 Å². The van der Waals surface area contributed by atoms with Gasteiger partial charge in [0.05, 0.1) is 17.6 Å². The molecule has 2 aromatic carbocycles. The van der Waals surface area contributed by atoms with Crippen molar-refractivity contribution in [3.63, 3.8) is 0 Å². The number of hydrogen-bond donors (Lipinski definition) is 2. The Kier molecular flexibility index (Phi) is 6.02. The minimum Gasteiger partial charge on any atom is -0.494 e. The van der Waals surface area contributed by atoms with Crippen molar-refractivity contribution in [2.45, 2.75) is 13.8 Å². The molecule has 0 fully saturated rings. The third-order valence-electron chi connectivity index (χ3n) is 3.27. The SMILES string of the molecule is CCOc1ccc(NC(=S)Nc2ccc(C(C)=O)cc2)c([N+](=O)[O-])c1. The Labute approximate surface area is 150 Å². The van der Waals surface area contributed by atoms with Gasteiger partial charge in [0.2, 0.25) is 0 Å². The van der Waals surface area contributed by atoms with Crippen LogP contribution in [0.25, 0.3) is 0 Å². The Balaban J connectivity index is 2.11. The second-order valence-electron chi connectivity index (χ2n) is 5.08. The van der Waals surface area contributed by atoms with E-state index in [1.165, 1.54) is 19.1 Å². The van der Waals surface area contributed by atoms with Crippen molar-refractivity contribution in [1.29, 1.82) is 0 Å². The first-order valence-corrected chi connectivity index (χ1v) is 7.91. The van der Waals surface area contributed by atoms with Gasteiger partial charge in [-0.3, -0.25) is 14.9 Å². The average molecular weight is 359 g/mol. The van der Waals surface area contributed by atoms with E-state index in [9.17, 15) is 14.9 Å². The maximum Gasteiger partial charge on any atom is 0.296 e. The standard InChI is InChI=1S/C17H17N3O4S/c1-3-24-14-8-9-15(16(10-14)20(22)23)19-17(25)18-13-6-4-12(5-7-13)11(2)21/h4-10H,3H2,1-2H3,(H2,18,19,25). The van der Waals surface area contributed by atoms with Gasteiger partial charge in [0, 0.05) is 11.3 Å². The van der Waals surface area contributed by atoms with Crippen LogP contribution in [0.15, 0.2) is 42.5 Å². The summed E-state index contributed by atoms with van der Waals surface area (Å²) in [5, 5.41) is 17.2. The van der Waals surface area contributed by atoms with E-state index in [0.29, 0.717) is 23.6 Å². The van der Waals surface area contributed by atoms with Crippen LogP contribution in [-0.4, -0.2) is 22.4 Å². The highest BCUT2D eigenvalue weighted by Gasteiger charge is 2.16.